The van der Waals surface area contributed by atoms with Crippen LogP contribution in [0.25, 0.3) is 0 Å². The summed E-state index contributed by atoms with van der Waals surface area (Å²) in [5, 5.41) is 18.7. The predicted molar refractivity (Wildman–Crippen MR) is 126 cm³/mol. The van der Waals surface area contributed by atoms with E-state index < -0.39 is 41.8 Å². The monoisotopic (exact) mass is 487 g/mol. The fraction of sp³-hybridized carbons (Fsp3) is 0.261. The molecule has 0 aliphatic carbocycles. The lowest BCUT2D eigenvalue weighted by atomic mass is 9.90. The molecule has 2 aromatic rings. The van der Waals surface area contributed by atoms with Crippen LogP contribution in [0.4, 0.5) is 4.79 Å². The quantitative estimate of drug-likeness (QED) is 0.310. The molecule has 180 valence electrons. The number of nitrogen functional groups attached to an aromatic ring is 1. The highest BCUT2D eigenvalue weighted by atomic mass is 35.5. The smallest absolute Gasteiger partial charge is 0.347 e. The number of rotatable bonds is 7. The molecule has 0 radical (unpaired) electrons. The van der Waals surface area contributed by atoms with Crippen LogP contribution in [0.1, 0.15) is 43.0 Å². The average molecular weight is 488 g/mol. The molecule has 1 aliphatic heterocycles. The number of amidine groups is 1. The maximum Gasteiger partial charge on any atom is 0.347 e. The lowest BCUT2D eigenvalue weighted by Crippen LogP contribution is -2.52. The van der Waals surface area contributed by atoms with Crippen LogP contribution in [0.15, 0.2) is 54.6 Å². The topological polar surface area (TPSA) is 148 Å². The molecule has 0 saturated carbocycles. The van der Waals surface area contributed by atoms with Crippen LogP contribution >= 0.6 is 12.4 Å². The van der Waals surface area contributed by atoms with E-state index in [1.54, 1.807) is 61.5 Å². The van der Waals surface area contributed by atoms with Gasteiger partial charge in [0.1, 0.15) is 11.4 Å². The Kier molecular flexibility index (Phi) is 7.68. The van der Waals surface area contributed by atoms with Crippen LogP contribution in [0, 0.1) is 5.41 Å². The number of benzene rings is 2. The standard InChI is InChI=1S/C23H25N5O5.ClH/c1-14(29)27(18(13-19(30)31)15-7-5-4-6-8-15)28-21(32)23(2,26(3)22(28)33)17-11-9-16(10-12-17)20(24)25;/h4-12,18H,13H2,1-3H3,(H3,24,25)(H,30,31);1H. The minimum absolute atomic E-state index is 0. The molecule has 10 nitrogen and oxygen atoms in total. The van der Waals surface area contributed by atoms with Crippen molar-refractivity contribution in [2.24, 2.45) is 5.73 Å². The van der Waals surface area contributed by atoms with Gasteiger partial charge in [0, 0.05) is 19.5 Å². The molecule has 2 unspecified atom stereocenters. The van der Waals surface area contributed by atoms with Gasteiger partial charge in [-0.25, -0.2) is 9.80 Å². The molecule has 2 atom stereocenters. The number of amides is 4. The molecule has 1 heterocycles. The molecule has 2 aromatic carbocycles. The van der Waals surface area contributed by atoms with E-state index in [1.165, 1.54) is 18.9 Å². The average Bonchev–Trinajstić information content (AvgIpc) is 2.95. The normalized spacial score (nSPS) is 18.3. The molecular weight excluding hydrogens is 462 g/mol. The van der Waals surface area contributed by atoms with E-state index in [0.29, 0.717) is 16.7 Å². The summed E-state index contributed by atoms with van der Waals surface area (Å²) in [6.07, 6.45) is -0.506. The van der Waals surface area contributed by atoms with Crippen LogP contribution < -0.4 is 5.73 Å². The number of nitrogens with zero attached hydrogens (tertiary/aromatic N) is 3. The van der Waals surface area contributed by atoms with E-state index in [1.807, 2.05) is 0 Å². The number of carbonyl (C=O) groups is 4. The molecule has 1 aliphatic rings. The number of carboxylic acid groups (broad SMARTS) is 1. The highest BCUT2D eigenvalue weighted by Gasteiger charge is 2.57. The van der Waals surface area contributed by atoms with Crippen LogP contribution in [-0.2, 0) is 19.9 Å². The fourth-order valence-corrected chi connectivity index (χ4v) is 3.94. The molecule has 3 rings (SSSR count). The number of carbonyl (C=O) groups excluding carboxylic acids is 3. The van der Waals surface area contributed by atoms with Crippen molar-refractivity contribution in [3.63, 3.8) is 0 Å². The second-order valence-electron chi connectivity index (χ2n) is 7.91. The zero-order valence-corrected chi connectivity index (χ0v) is 19.7. The highest BCUT2D eigenvalue weighted by Crippen LogP contribution is 2.39. The molecule has 0 bridgehead atoms. The summed E-state index contributed by atoms with van der Waals surface area (Å²) in [6.45, 7) is 2.72. The second-order valence-corrected chi connectivity index (χ2v) is 7.91. The Morgan fingerprint density at radius 2 is 1.68 bits per heavy atom. The number of aliphatic carboxylic acids is 1. The van der Waals surface area contributed by atoms with Crippen molar-refractivity contribution in [3.05, 3.63) is 71.3 Å². The second kappa shape index (κ2) is 9.92. The third-order valence-electron chi connectivity index (χ3n) is 5.89. The van der Waals surface area contributed by atoms with Gasteiger partial charge in [-0.2, -0.15) is 5.01 Å². The molecule has 4 N–H and O–H groups in total. The first kappa shape index (κ1) is 26.3. The molecule has 0 spiro atoms. The summed E-state index contributed by atoms with van der Waals surface area (Å²) in [4.78, 5) is 52.5. The number of halogens is 1. The van der Waals surface area contributed by atoms with E-state index in [9.17, 15) is 24.3 Å². The summed E-state index contributed by atoms with van der Waals surface area (Å²) < 4.78 is 0. The summed E-state index contributed by atoms with van der Waals surface area (Å²) in [6, 6.07) is 12.8. The fourth-order valence-electron chi connectivity index (χ4n) is 3.94. The summed E-state index contributed by atoms with van der Waals surface area (Å²) in [5.74, 6) is -2.69. The van der Waals surface area contributed by atoms with Crippen molar-refractivity contribution in [3.8, 4) is 0 Å². The van der Waals surface area contributed by atoms with Crippen LogP contribution in [0.3, 0.4) is 0 Å². The Balaban J connectivity index is 0.00000408. The Morgan fingerprint density at radius 3 is 2.15 bits per heavy atom. The number of hydrogen-bond acceptors (Lipinski definition) is 5. The van der Waals surface area contributed by atoms with Gasteiger partial charge in [0.2, 0.25) is 5.91 Å². The summed E-state index contributed by atoms with van der Waals surface area (Å²) in [7, 11) is 1.44. The number of likely N-dealkylation sites (N-methyl/N-ethyl adjacent to an activating group) is 1. The first-order valence-corrected chi connectivity index (χ1v) is 10.1. The molecule has 1 fully saturated rings. The molecule has 34 heavy (non-hydrogen) atoms. The maximum absolute atomic E-state index is 13.7. The number of nitrogens with two attached hydrogens (primary N) is 1. The number of hydrogen-bond donors (Lipinski definition) is 3. The van der Waals surface area contributed by atoms with E-state index in [4.69, 9.17) is 11.1 Å². The molecule has 1 saturated heterocycles. The van der Waals surface area contributed by atoms with Crippen molar-refractivity contribution in [2.45, 2.75) is 31.8 Å². The molecule has 0 aromatic heterocycles. The lowest BCUT2D eigenvalue weighted by molar-refractivity contribution is -0.162. The molecule has 4 amide bonds. The van der Waals surface area contributed by atoms with E-state index >= 15 is 0 Å². The minimum Gasteiger partial charge on any atom is -0.481 e. The number of carboxylic acids is 1. The minimum atomic E-state index is -1.47. The van der Waals surface area contributed by atoms with Gasteiger partial charge in [-0.3, -0.25) is 19.8 Å². The van der Waals surface area contributed by atoms with Gasteiger partial charge in [0.25, 0.3) is 5.91 Å². The van der Waals surface area contributed by atoms with Crippen LogP contribution in [0.2, 0.25) is 0 Å². The summed E-state index contributed by atoms with van der Waals surface area (Å²) >= 11 is 0. The first-order valence-electron chi connectivity index (χ1n) is 10.1. The third kappa shape index (κ3) is 4.44. The Morgan fingerprint density at radius 1 is 1.12 bits per heavy atom. The molecular formula is C23H26ClN5O5. The van der Waals surface area contributed by atoms with Gasteiger partial charge in [0.05, 0.1) is 12.5 Å². The van der Waals surface area contributed by atoms with E-state index in [2.05, 4.69) is 0 Å². The zero-order chi connectivity index (χ0) is 24.5. The largest absolute Gasteiger partial charge is 0.481 e. The number of imide groups is 1. The SMILES string of the molecule is CC(=O)N(C(CC(=O)O)c1ccccc1)N1C(=O)N(C)C(C)(c2ccc(C(=N)N)cc2)C1=O.Cl. The van der Waals surface area contributed by atoms with Crippen LogP contribution in [-0.4, -0.2) is 56.7 Å². The number of hydrazine groups is 1. The first-order chi connectivity index (χ1) is 15.5. The van der Waals surface area contributed by atoms with Gasteiger partial charge in [0.15, 0.2) is 0 Å². The Labute approximate surface area is 202 Å². The Bertz CT molecular complexity index is 1120. The van der Waals surface area contributed by atoms with Crippen molar-refractivity contribution in [1.29, 1.82) is 5.41 Å². The highest BCUT2D eigenvalue weighted by molar-refractivity contribution is 6.08. The van der Waals surface area contributed by atoms with Gasteiger partial charge >= 0.3 is 12.0 Å². The van der Waals surface area contributed by atoms with Crippen molar-refractivity contribution < 1.29 is 24.3 Å². The Hall–Kier alpha value is -3.92. The van der Waals surface area contributed by atoms with Crippen molar-refractivity contribution in [1.82, 2.24) is 14.9 Å². The number of urea groups is 1. The summed E-state index contributed by atoms with van der Waals surface area (Å²) in [5.41, 5.74) is 5.41. The zero-order valence-electron chi connectivity index (χ0n) is 18.9. The number of nitrogens with one attached hydrogen (secondary N) is 1. The van der Waals surface area contributed by atoms with E-state index in [-0.39, 0.29) is 18.2 Å². The van der Waals surface area contributed by atoms with Gasteiger partial charge in [-0.05, 0) is 18.1 Å². The van der Waals surface area contributed by atoms with Crippen LogP contribution in [0.5, 0.6) is 0 Å². The predicted octanol–water partition coefficient (Wildman–Crippen LogP) is 2.48. The lowest BCUT2D eigenvalue weighted by Gasteiger charge is -2.35. The van der Waals surface area contributed by atoms with Gasteiger partial charge < -0.3 is 15.7 Å². The third-order valence-corrected chi connectivity index (χ3v) is 5.89. The van der Waals surface area contributed by atoms with Gasteiger partial charge in [-0.15, -0.1) is 12.4 Å². The molecule has 11 heteroatoms. The van der Waals surface area contributed by atoms with Crippen molar-refractivity contribution >= 4 is 42.1 Å². The van der Waals surface area contributed by atoms with Crippen molar-refractivity contribution in [2.75, 3.05) is 7.05 Å². The van der Waals surface area contributed by atoms with Gasteiger partial charge in [-0.1, -0.05) is 54.6 Å². The van der Waals surface area contributed by atoms with E-state index in [0.717, 1.165) is 10.0 Å². The maximum atomic E-state index is 13.7.